The van der Waals surface area contributed by atoms with E-state index in [9.17, 15) is 27.6 Å². The number of amides is 1. The molecule has 37 heavy (non-hydrogen) atoms. The van der Waals surface area contributed by atoms with Crippen molar-refractivity contribution in [3.63, 3.8) is 0 Å². The van der Waals surface area contributed by atoms with Gasteiger partial charge in [-0.2, -0.15) is 13.2 Å². The third kappa shape index (κ3) is 4.48. The number of hydrogen-bond acceptors (Lipinski definition) is 7. The number of ketones is 2. The van der Waals surface area contributed by atoms with Crippen molar-refractivity contribution in [1.82, 2.24) is 4.90 Å². The number of carbonyl (C=O) groups is 3. The lowest BCUT2D eigenvalue weighted by Gasteiger charge is -2.52. The second kappa shape index (κ2) is 9.05. The number of methoxy groups -OCH3 is 1. The number of thioether (sulfide) groups is 1. The van der Waals surface area contributed by atoms with Gasteiger partial charge < -0.3 is 19.1 Å². The van der Waals surface area contributed by atoms with Crippen LogP contribution in [0.1, 0.15) is 47.4 Å². The molecule has 2 saturated heterocycles. The van der Waals surface area contributed by atoms with Crippen molar-refractivity contribution in [2.24, 2.45) is 0 Å². The molecule has 1 aliphatic carbocycles. The number of rotatable bonds is 2. The van der Waals surface area contributed by atoms with Crippen molar-refractivity contribution < 1.29 is 41.8 Å². The van der Waals surface area contributed by atoms with Gasteiger partial charge in [0.05, 0.1) is 18.3 Å². The molecule has 2 heterocycles. The van der Waals surface area contributed by atoms with Crippen LogP contribution in [0.2, 0.25) is 0 Å². The zero-order valence-corrected chi connectivity index (χ0v) is 20.9. The fourth-order valence-corrected chi connectivity index (χ4v) is 6.47. The van der Waals surface area contributed by atoms with Crippen LogP contribution in [0.3, 0.4) is 0 Å². The first kappa shape index (κ1) is 25.6. The molecular formula is C26H24F3NO6S. The van der Waals surface area contributed by atoms with Crippen LogP contribution >= 0.6 is 11.8 Å². The highest BCUT2D eigenvalue weighted by molar-refractivity contribution is 8.01. The van der Waals surface area contributed by atoms with Gasteiger partial charge in [-0.15, -0.1) is 11.8 Å². The summed E-state index contributed by atoms with van der Waals surface area (Å²) in [4.78, 5) is 40.0. The van der Waals surface area contributed by atoms with E-state index in [0.29, 0.717) is 35.5 Å². The third-order valence-corrected chi connectivity index (χ3v) is 8.92. The van der Waals surface area contributed by atoms with E-state index in [1.807, 2.05) is 0 Å². The molecule has 2 aromatic carbocycles. The van der Waals surface area contributed by atoms with E-state index < -0.39 is 45.9 Å². The summed E-state index contributed by atoms with van der Waals surface area (Å²) in [6, 6.07) is 9.12. The summed E-state index contributed by atoms with van der Waals surface area (Å²) < 4.78 is 55.0. The van der Waals surface area contributed by atoms with Crippen molar-refractivity contribution >= 4 is 29.4 Å². The number of alkyl halides is 3. The third-order valence-electron chi connectivity index (χ3n) is 7.25. The highest BCUT2D eigenvalue weighted by atomic mass is 32.2. The topological polar surface area (TPSA) is 82.1 Å². The standard InChI is InChI=1S/C26H24F3NO6S/c1-24-21(32)20(31)18-7-6-16(34-2)13-19(18)22(24)36-25(14-37-24)8-10-30(11-9-25)23(33)35-17-5-3-4-15(12-17)26(27,28)29/h3-7,12-13,22H,8-11,14H2,1-2H3. The fraction of sp³-hybridized carbons (Fsp3) is 0.423. The van der Waals surface area contributed by atoms with Crippen LogP contribution in [0.5, 0.6) is 11.5 Å². The number of nitrogens with zero attached hydrogens (tertiary/aromatic N) is 1. The van der Waals surface area contributed by atoms with Gasteiger partial charge in [0.2, 0.25) is 11.6 Å². The second-order valence-corrected chi connectivity index (χ2v) is 11.0. The van der Waals surface area contributed by atoms with Gasteiger partial charge in [0.25, 0.3) is 0 Å². The van der Waals surface area contributed by atoms with Gasteiger partial charge in [0.15, 0.2) is 0 Å². The molecule has 5 rings (SSSR count). The Kier molecular flexibility index (Phi) is 6.26. The molecule has 11 heteroatoms. The maximum Gasteiger partial charge on any atom is 0.416 e. The van der Waals surface area contributed by atoms with Crippen LogP contribution in [0.25, 0.3) is 0 Å². The first-order chi connectivity index (χ1) is 17.5. The molecule has 1 spiro atoms. The maximum atomic E-state index is 13.0. The number of halogens is 3. The van der Waals surface area contributed by atoms with Crippen LogP contribution in [0.15, 0.2) is 42.5 Å². The molecule has 0 radical (unpaired) electrons. The summed E-state index contributed by atoms with van der Waals surface area (Å²) in [6.45, 7) is 2.25. The second-order valence-electron chi connectivity index (χ2n) is 9.57. The zero-order chi connectivity index (χ0) is 26.6. The normalized spacial score (nSPS) is 24.9. The Balaban J connectivity index is 1.31. The Labute approximate surface area is 215 Å². The van der Waals surface area contributed by atoms with E-state index in [-0.39, 0.29) is 18.8 Å². The van der Waals surface area contributed by atoms with Crippen LogP contribution in [0, 0.1) is 0 Å². The SMILES string of the molecule is COc1ccc2c(c1)C1OC3(CCN(C(=O)Oc4cccc(C(F)(F)F)c4)CC3)CSC1(C)C(=O)C2=O. The summed E-state index contributed by atoms with van der Waals surface area (Å²) in [5.74, 6) is -0.234. The minimum absolute atomic E-state index is 0.184. The minimum atomic E-state index is -4.54. The first-order valence-electron chi connectivity index (χ1n) is 11.7. The van der Waals surface area contributed by atoms with E-state index in [1.165, 1.54) is 35.9 Å². The number of Topliss-reactive ketones (excluding diaryl/α,β-unsaturated/α-hetero) is 2. The van der Waals surface area contributed by atoms with Crippen molar-refractivity contribution in [3.8, 4) is 11.5 Å². The number of ether oxygens (including phenoxy) is 3. The highest BCUT2D eigenvalue weighted by Gasteiger charge is 2.58. The smallest absolute Gasteiger partial charge is 0.416 e. The van der Waals surface area contributed by atoms with Crippen LogP contribution in [0.4, 0.5) is 18.0 Å². The summed E-state index contributed by atoms with van der Waals surface area (Å²) in [5.41, 5.74) is -0.649. The van der Waals surface area contributed by atoms with E-state index in [1.54, 1.807) is 25.1 Å². The zero-order valence-electron chi connectivity index (χ0n) is 20.1. The molecule has 7 nitrogen and oxygen atoms in total. The molecule has 1 amide bonds. The number of benzene rings is 2. The molecule has 2 unspecified atom stereocenters. The van der Waals surface area contributed by atoms with Crippen LogP contribution in [-0.2, 0) is 15.7 Å². The maximum absolute atomic E-state index is 13.0. The van der Waals surface area contributed by atoms with E-state index >= 15 is 0 Å². The molecule has 196 valence electrons. The van der Waals surface area contributed by atoms with E-state index in [4.69, 9.17) is 14.2 Å². The molecular weight excluding hydrogens is 511 g/mol. The number of likely N-dealkylation sites (tertiary alicyclic amines) is 1. The number of carbonyl (C=O) groups excluding carboxylic acids is 3. The largest absolute Gasteiger partial charge is 0.497 e. The Bertz CT molecular complexity index is 1270. The van der Waals surface area contributed by atoms with Crippen LogP contribution in [-0.4, -0.2) is 58.9 Å². The number of fused-ring (bicyclic) bond motifs is 3. The van der Waals surface area contributed by atoms with Gasteiger partial charge >= 0.3 is 12.3 Å². The van der Waals surface area contributed by atoms with Crippen molar-refractivity contribution in [1.29, 1.82) is 0 Å². The lowest BCUT2D eigenvalue weighted by molar-refractivity contribution is -0.143. The van der Waals surface area contributed by atoms with Gasteiger partial charge in [-0.3, -0.25) is 9.59 Å². The predicted molar refractivity (Wildman–Crippen MR) is 128 cm³/mol. The van der Waals surface area contributed by atoms with Crippen molar-refractivity contribution in [3.05, 3.63) is 59.2 Å². The number of piperidine rings is 1. The lowest BCUT2D eigenvalue weighted by atomic mass is 9.78. The molecule has 2 aromatic rings. The quantitative estimate of drug-likeness (QED) is 0.497. The molecule has 2 atom stereocenters. The van der Waals surface area contributed by atoms with Gasteiger partial charge in [0.1, 0.15) is 22.4 Å². The molecule has 2 aliphatic heterocycles. The Morgan fingerprint density at radius 3 is 2.51 bits per heavy atom. The lowest BCUT2D eigenvalue weighted by Crippen LogP contribution is -2.59. The summed E-state index contributed by atoms with van der Waals surface area (Å²) in [6.07, 6.45) is -5.09. The van der Waals surface area contributed by atoms with Gasteiger partial charge in [-0.25, -0.2) is 4.79 Å². The Hall–Kier alpha value is -3.05. The molecule has 0 aromatic heterocycles. The van der Waals surface area contributed by atoms with Crippen molar-refractivity contribution in [2.45, 2.75) is 42.4 Å². The number of hydrogen-bond donors (Lipinski definition) is 0. The van der Waals surface area contributed by atoms with Gasteiger partial charge in [-0.1, -0.05) is 6.07 Å². The van der Waals surface area contributed by atoms with E-state index in [2.05, 4.69) is 0 Å². The first-order valence-corrected chi connectivity index (χ1v) is 12.7. The Morgan fingerprint density at radius 1 is 1.11 bits per heavy atom. The molecule has 0 bridgehead atoms. The fourth-order valence-electron chi connectivity index (χ4n) is 5.00. The molecule has 0 N–H and O–H groups in total. The van der Waals surface area contributed by atoms with Crippen LogP contribution < -0.4 is 9.47 Å². The van der Waals surface area contributed by atoms with Gasteiger partial charge in [0, 0.05) is 24.4 Å². The molecule has 3 aliphatic rings. The monoisotopic (exact) mass is 535 g/mol. The summed E-state index contributed by atoms with van der Waals surface area (Å²) >= 11 is 1.38. The summed E-state index contributed by atoms with van der Waals surface area (Å²) in [5, 5.41) is 0. The average Bonchev–Trinajstić information content (AvgIpc) is 2.88. The highest BCUT2D eigenvalue weighted by Crippen LogP contribution is 2.55. The minimum Gasteiger partial charge on any atom is -0.497 e. The van der Waals surface area contributed by atoms with Gasteiger partial charge in [-0.05, 0) is 61.7 Å². The molecule has 2 fully saturated rings. The predicted octanol–water partition coefficient (Wildman–Crippen LogP) is 5.08. The summed E-state index contributed by atoms with van der Waals surface area (Å²) in [7, 11) is 1.52. The van der Waals surface area contributed by atoms with E-state index in [0.717, 1.165) is 12.1 Å². The van der Waals surface area contributed by atoms with Crippen molar-refractivity contribution in [2.75, 3.05) is 26.0 Å². The molecule has 0 saturated carbocycles. The average molecular weight is 536 g/mol. The Morgan fingerprint density at radius 2 is 1.84 bits per heavy atom.